The van der Waals surface area contributed by atoms with Crippen LogP contribution in [-0.4, -0.2) is 24.9 Å². The van der Waals surface area contributed by atoms with Gasteiger partial charge in [-0.2, -0.15) is 0 Å². The molecule has 0 saturated heterocycles. The van der Waals surface area contributed by atoms with E-state index in [1.54, 1.807) is 7.05 Å². The molecule has 0 spiro atoms. The van der Waals surface area contributed by atoms with Crippen LogP contribution >= 0.6 is 23.4 Å². The normalized spacial score (nSPS) is 12.1. The van der Waals surface area contributed by atoms with Crippen LogP contribution in [-0.2, 0) is 13.6 Å². The minimum atomic E-state index is -0.476. The minimum Gasteiger partial charge on any atom is -0.309 e. The van der Waals surface area contributed by atoms with Gasteiger partial charge in [-0.1, -0.05) is 59.3 Å². The molecule has 0 radical (unpaired) electrons. The fourth-order valence-electron chi connectivity index (χ4n) is 2.58. The second-order valence-corrected chi connectivity index (χ2v) is 7.64. The van der Waals surface area contributed by atoms with Crippen molar-refractivity contribution in [3.05, 3.63) is 67.3 Å². The molecule has 0 bridgehead atoms. The van der Waals surface area contributed by atoms with Crippen molar-refractivity contribution in [1.29, 1.82) is 0 Å². The molecule has 8 heteroatoms. The third-order valence-corrected chi connectivity index (χ3v) is 5.07. The van der Waals surface area contributed by atoms with Crippen molar-refractivity contribution in [2.24, 2.45) is 7.05 Å². The number of rotatable bonds is 5. The third kappa shape index (κ3) is 3.78. The first-order valence-electron chi connectivity index (χ1n) is 8.07. The van der Waals surface area contributed by atoms with Crippen LogP contribution in [0.15, 0.2) is 50.1 Å². The SMILES string of the molecule is C/C(Cl)=C/CSc1nc2c(c(=O)[nH]c(=O)n2C)n1Cc1ccc(C)cc1. The van der Waals surface area contributed by atoms with E-state index >= 15 is 0 Å². The largest absolute Gasteiger partial charge is 0.329 e. The predicted octanol–water partition coefficient (Wildman–Crippen LogP) is 3.01. The van der Waals surface area contributed by atoms with E-state index in [-0.39, 0.29) is 0 Å². The topological polar surface area (TPSA) is 72.7 Å². The van der Waals surface area contributed by atoms with E-state index in [2.05, 4.69) is 9.97 Å². The number of aromatic amines is 1. The number of hydrogen-bond acceptors (Lipinski definition) is 4. The predicted molar refractivity (Wildman–Crippen MR) is 106 cm³/mol. The number of fused-ring (bicyclic) bond motifs is 1. The van der Waals surface area contributed by atoms with Gasteiger partial charge in [-0.15, -0.1) is 0 Å². The number of H-pyrrole nitrogens is 1. The van der Waals surface area contributed by atoms with Crippen molar-refractivity contribution in [2.45, 2.75) is 25.5 Å². The Bertz CT molecular complexity index is 1090. The maximum Gasteiger partial charge on any atom is 0.329 e. The number of benzene rings is 1. The number of halogens is 1. The summed E-state index contributed by atoms with van der Waals surface area (Å²) < 4.78 is 3.20. The first kappa shape index (κ1) is 18.5. The molecule has 6 nitrogen and oxygen atoms in total. The molecular weight excluding hydrogens is 372 g/mol. The summed E-state index contributed by atoms with van der Waals surface area (Å²) in [7, 11) is 1.60. The van der Waals surface area contributed by atoms with Crippen LogP contribution in [0.4, 0.5) is 0 Å². The van der Waals surface area contributed by atoms with Gasteiger partial charge >= 0.3 is 5.69 Å². The molecular formula is C18H19ClN4O2S. The summed E-state index contributed by atoms with van der Waals surface area (Å²) in [5, 5.41) is 1.37. The van der Waals surface area contributed by atoms with E-state index in [0.717, 1.165) is 5.56 Å². The lowest BCUT2D eigenvalue weighted by Gasteiger charge is -2.08. The van der Waals surface area contributed by atoms with E-state index in [0.29, 0.717) is 33.7 Å². The molecule has 26 heavy (non-hydrogen) atoms. The maximum absolute atomic E-state index is 12.4. The van der Waals surface area contributed by atoms with Crippen molar-refractivity contribution in [3.8, 4) is 0 Å². The molecule has 0 aliphatic heterocycles. The average molecular weight is 391 g/mol. The summed E-state index contributed by atoms with van der Waals surface area (Å²) in [6, 6.07) is 8.10. The van der Waals surface area contributed by atoms with Crippen molar-refractivity contribution in [2.75, 3.05) is 5.75 Å². The molecule has 0 fully saturated rings. The summed E-state index contributed by atoms with van der Waals surface area (Å²) >= 11 is 7.37. The molecule has 0 unspecified atom stereocenters. The van der Waals surface area contributed by atoms with Crippen LogP contribution < -0.4 is 11.2 Å². The maximum atomic E-state index is 12.4. The minimum absolute atomic E-state index is 0.375. The Hall–Kier alpha value is -2.25. The summed E-state index contributed by atoms with van der Waals surface area (Å²) in [6.07, 6.45) is 1.88. The number of aryl methyl sites for hydroxylation is 2. The van der Waals surface area contributed by atoms with Gasteiger partial charge in [0.05, 0.1) is 6.54 Å². The van der Waals surface area contributed by atoms with Gasteiger partial charge in [0.25, 0.3) is 5.56 Å². The lowest BCUT2D eigenvalue weighted by Crippen LogP contribution is -2.29. The highest BCUT2D eigenvalue weighted by atomic mass is 35.5. The van der Waals surface area contributed by atoms with Crippen molar-refractivity contribution in [3.63, 3.8) is 0 Å². The molecule has 1 N–H and O–H groups in total. The van der Waals surface area contributed by atoms with E-state index in [9.17, 15) is 9.59 Å². The Morgan fingerprint density at radius 3 is 2.65 bits per heavy atom. The van der Waals surface area contributed by atoms with Gasteiger partial charge in [-0.25, -0.2) is 9.78 Å². The van der Waals surface area contributed by atoms with E-state index in [1.807, 2.05) is 48.8 Å². The van der Waals surface area contributed by atoms with Gasteiger partial charge in [0.2, 0.25) is 0 Å². The second-order valence-electron chi connectivity index (χ2n) is 6.06. The van der Waals surface area contributed by atoms with Gasteiger partial charge < -0.3 is 4.57 Å². The summed E-state index contributed by atoms with van der Waals surface area (Å²) in [5.41, 5.74) is 2.08. The first-order chi connectivity index (χ1) is 12.4. The zero-order valence-corrected chi connectivity index (χ0v) is 16.3. The number of thioether (sulfide) groups is 1. The molecule has 0 aliphatic carbocycles. The number of imidazole rings is 1. The van der Waals surface area contributed by atoms with Crippen LogP contribution in [0.1, 0.15) is 18.1 Å². The summed E-state index contributed by atoms with van der Waals surface area (Å²) in [5.74, 6) is 0.623. The number of allylic oxidation sites excluding steroid dienone is 1. The molecule has 3 aromatic rings. The average Bonchev–Trinajstić information content (AvgIpc) is 2.94. The smallest absolute Gasteiger partial charge is 0.309 e. The van der Waals surface area contributed by atoms with Crippen LogP contribution in [0.2, 0.25) is 0 Å². The number of hydrogen-bond donors (Lipinski definition) is 1. The van der Waals surface area contributed by atoms with Gasteiger partial charge in [-0.05, 0) is 19.4 Å². The van der Waals surface area contributed by atoms with Gasteiger partial charge in [0, 0.05) is 17.8 Å². The van der Waals surface area contributed by atoms with E-state index in [1.165, 1.54) is 21.9 Å². The third-order valence-electron chi connectivity index (χ3n) is 4.01. The zero-order valence-electron chi connectivity index (χ0n) is 14.7. The Balaban J connectivity index is 2.14. The molecule has 2 aromatic heterocycles. The van der Waals surface area contributed by atoms with Crippen molar-refractivity contribution < 1.29 is 0 Å². The Morgan fingerprint density at radius 1 is 1.31 bits per heavy atom. The van der Waals surface area contributed by atoms with Gasteiger partial charge in [0.15, 0.2) is 16.3 Å². The molecule has 2 heterocycles. The number of nitrogens with one attached hydrogen (secondary N) is 1. The Labute approximate surface area is 159 Å². The monoisotopic (exact) mass is 390 g/mol. The molecule has 0 amide bonds. The molecule has 0 saturated carbocycles. The van der Waals surface area contributed by atoms with Crippen molar-refractivity contribution >= 4 is 34.5 Å². The highest BCUT2D eigenvalue weighted by Crippen LogP contribution is 2.23. The standard InChI is InChI=1S/C18H19ClN4O2S/c1-11-4-6-13(7-5-11)10-23-14-15(22(3)17(25)21-16(14)24)20-18(23)26-9-8-12(2)19/h4-8H,9-10H2,1-3H3,(H,21,24,25)/b12-8-. The zero-order chi connectivity index (χ0) is 18.8. The quantitative estimate of drug-likeness (QED) is 0.679. The lowest BCUT2D eigenvalue weighted by atomic mass is 10.1. The highest BCUT2D eigenvalue weighted by Gasteiger charge is 2.17. The molecule has 0 atom stereocenters. The van der Waals surface area contributed by atoms with E-state index in [4.69, 9.17) is 11.6 Å². The molecule has 3 rings (SSSR count). The Kier molecular flexibility index (Phi) is 5.38. The first-order valence-corrected chi connectivity index (χ1v) is 9.43. The van der Waals surface area contributed by atoms with Gasteiger partial charge in [-0.3, -0.25) is 14.3 Å². The van der Waals surface area contributed by atoms with Crippen LogP contribution in [0, 0.1) is 6.92 Å². The van der Waals surface area contributed by atoms with Crippen LogP contribution in [0.5, 0.6) is 0 Å². The van der Waals surface area contributed by atoms with Gasteiger partial charge in [0.1, 0.15) is 0 Å². The number of aromatic nitrogens is 4. The Morgan fingerprint density at radius 2 is 2.00 bits per heavy atom. The fraction of sp³-hybridized carbons (Fsp3) is 0.278. The lowest BCUT2D eigenvalue weighted by molar-refractivity contribution is 0.728. The summed E-state index contributed by atoms with van der Waals surface area (Å²) in [4.78, 5) is 31.2. The van der Waals surface area contributed by atoms with E-state index < -0.39 is 11.2 Å². The second kappa shape index (κ2) is 7.55. The molecule has 136 valence electrons. The highest BCUT2D eigenvalue weighted by molar-refractivity contribution is 7.99. The van der Waals surface area contributed by atoms with Crippen molar-refractivity contribution in [1.82, 2.24) is 19.1 Å². The van der Waals surface area contributed by atoms with Crippen LogP contribution in [0.25, 0.3) is 11.2 Å². The molecule has 1 aromatic carbocycles. The molecule has 0 aliphatic rings. The fourth-order valence-corrected chi connectivity index (χ4v) is 3.69. The van der Waals surface area contributed by atoms with Crippen LogP contribution in [0.3, 0.4) is 0 Å². The number of nitrogens with zero attached hydrogens (tertiary/aromatic N) is 3. The summed E-state index contributed by atoms with van der Waals surface area (Å²) in [6.45, 7) is 4.33.